The zero-order valence-electron chi connectivity index (χ0n) is 10.7. The molecule has 98 valence electrons. The van der Waals surface area contributed by atoms with E-state index in [1.54, 1.807) is 43.5 Å². The number of ether oxygens (including phenoxy) is 1. The summed E-state index contributed by atoms with van der Waals surface area (Å²) >= 11 is 0. The van der Waals surface area contributed by atoms with Gasteiger partial charge in [-0.3, -0.25) is 4.79 Å². The van der Waals surface area contributed by atoms with Crippen LogP contribution in [-0.4, -0.2) is 18.0 Å². The molecular formula is C16H16O3. The molecule has 0 radical (unpaired) electrons. The summed E-state index contributed by atoms with van der Waals surface area (Å²) in [6.07, 6.45) is -0.713. The summed E-state index contributed by atoms with van der Waals surface area (Å²) in [7, 11) is 1.59. The number of hydrogen-bond acceptors (Lipinski definition) is 3. The lowest BCUT2D eigenvalue weighted by Gasteiger charge is -2.11. The number of rotatable bonds is 5. The smallest absolute Gasteiger partial charge is 0.165 e. The van der Waals surface area contributed by atoms with E-state index in [-0.39, 0.29) is 12.2 Å². The van der Waals surface area contributed by atoms with Crippen LogP contribution in [0.15, 0.2) is 54.6 Å². The summed E-state index contributed by atoms with van der Waals surface area (Å²) in [4.78, 5) is 12.0. The van der Waals surface area contributed by atoms with Crippen molar-refractivity contribution >= 4 is 5.78 Å². The fraction of sp³-hybridized carbons (Fsp3) is 0.188. The van der Waals surface area contributed by atoms with Gasteiger partial charge in [0.2, 0.25) is 0 Å². The second-order valence-corrected chi connectivity index (χ2v) is 4.28. The van der Waals surface area contributed by atoms with E-state index in [2.05, 4.69) is 0 Å². The molecule has 1 atom stereocenters. The molecule has 3 heteroatoms. The monoisotopic (exact) mass is 256 g/mol. The SMILES string of the molecule is COc1ccc(C(O)CC(=O)c2ccccc2)cc1. The third kappa shape index (κ3) is 3.42. The molecule has 0 saturated carbocycles. The molecule has 0 aliphatic rings. The van der Waals surface area contributed by atoms with Gasteiger partial charge in [0.1, 0.15) is 5.75 Å². The molecule has 2 aromatic rings. The van der Waals surface area contributed by atoms with Gasteiger partial charge in [0.25, 0.3) is 0 Å². The minimum Gasteiger partial charge on any atom is -0.497 e. The van der Waals surface area contributed by atoms with E-state index < -0.39 is 6.10 Å². The molecular weight excluding hydrogens is 240 g/mol. The summed E-state index contributed by atoms with van der Waals surface area (Å²) < 4.78 is 5.05. The highest BCUT2D eigenvalue weighted by Crippen LogP contribution is 2.21. The van der Waals surface area contributed by atoms with Crippen LogP contribution >= 0.6 is 0 Å². The Morgan fingerprint density at radius 3 is 2.32 bits per heavy atom. The Morgan fingerprint density at radius 1 is 1.11 bits per heavy atom. The first-order valence-electron chi connectivity index (χ1n) is 6.11. The second-order valence-electron chi connectivity index (χ2n) is 4.28. The van der Waals surface area contributed by atoms with Crippen LogP contribution in [0.4, 0.5) is 0 Å². The third-order valence-electron chi connectivity index (χ3n) is 2.98. The van der Waals surface area contributed by atoms with Gasteiger partial charge in [-0.15, -0.1) is 0 Å². The van der Waals surface area contributed by atoms with Crippen LogP contribution in [0.1, 0.15) is 28.4 Å². The number of hydrogen-bond donors (Lipinski definition) is 1. The Hall–Kier alpha value is -2.13. The molecule has 2 rings (SSSR count). The van der Waals surface area contributed by atoms with Crippen molar-refractivity contribution in [2.75, 3.05) is 7.11 Å². The predicted octanol–water partition coefficient (Wildman–Crippen LogP) is 3.00. The maximum Gasteiger partial charge on any atom is 0.165 e. The maximum absolute atomic E-state index is 12.0. The fourth-order valence-electron chi connectivity index (χ4n) is 1.86. The highest BCUT2D eigenvalue weighted by molar-refractivity contribution is 5.96. The molecule has 0 aliphatic carbocycles. The number of carbonyl (C=O) groups excluding carboxylic acids is 1. The van der Waals surface area contributed by atoms with Gasteiger partial charge in [0.05, 0.1) is 13.2 Å². The van der Waals surface area contributed by atoms with E-state index in [0.717, 1.165) is 5.75 Å². The Bertz CT molecular complexity index is 532. The number of Topliss-reactive ketones (excluding diaryl/α,β-unsaturated/α-hetero) is 1. The van der Waals surface area contributed by atoms with Gasteiger partial charge in [0, 0.05) is 12.0 Å². The van der Waals surface area contributed by atoms with Crippen molar-refractivity contribution in [2.24, 2.45) is 0 Å². The summed E-state index contributed by atoms with van der Waals surface area (Å²) in [5, 5.41) is 10.1. The lowest BCUT2D eigenvalue weighted by Crippen LogP contribution is -2.07. The van der Waals surface area contributed by atoms with E-state index in [1.165, 1.54) is 0 Å². The van der Waals surface area contributed by atoms with Crippen LogP contribution in [0.5, 0.6) is 5.75 Å². The average molecular weight is 256 g/mol. The van der Waals surface area contributed by atoms with Crippen LogP contribution in [0.25, 0.3) is 0 Å². The van der Waals surface area contributed by atoms with E-state index in [1.807, 2.05) is 18.2 Å². The molecule has 0 saturated heterocycles. The van der Waals surface area contributed by atoms with Gasteiger partial charge >= 0.3 is 0 Å². The number of aliphatic hydroxyl groups excluding tert-OH is 1. The molecule has 3 nitrogen and oxygen atoms in total. The van der Waals surface area contributed by atoms with Crippen LogP contribution in [0, 0.1) is 0 Å². The van der Waals surface area contributed by atoms with Crippen LogP contribution in [0.2, 0.25) is 0 Å². The van der Waals surface area contributed by atoms with Gasteiger partial charge in [-0.25, -0.2) is 0 Å². The predicted molar refractivity (Wildman–Crippen MR) is 73.3 cm³/mol. The molecule has 0 spiro atoms. The Kier molecular flexibility index (Phi) is 4.31. The maximum atomic E-state index is 12.0. The molecule has 19 heavy (non-hydrogen) atoms. The van der Waals surface area contributed by atoms with Crippen molar-refractivity contribution in [1.82, 2.24) is 0 Å². The van der Waals surface area contributed by atoms with Crippen LogP contribution < -0.4 is 4.74 Å². The number of ketones is 1. The standard InChI is InChI=1S/C16H16O3/c1-19-14-9-7-13(8-10-14)16(18)11-15(17)12-5-3-2-4-6-12/h2-10,16,18H,11H2,1H3. The molecule has 0 aliphatic heterocycles. The molecule has 0 bridgehead atoms. The van der Waals surface area contributed by atoms with E-state index >= 15 is 0 Å². The number of carbonyl (C=O) groups is 1. The molecule has 1 N–H and O–H groups in total. The van der Waals surface area contributed by atoms with Crippen molar-refractivity contribution in [3.8, 4) is 5.75 Å². The normalized spacial score (nSPS) is 11.9. The summed E-state index contributed by atoms with van der Waals surface area (Å²) in [6, 6.07) is 16.1. The van der Waals surface area contributed by atoms with Crippen molar-refractivity contribution < 1.29 is 14.6 Å². The zero-order valence-corrected chi connectivity index (χ0v) is 10.7. The molecule has 0 aromatic heterocycles. The zero-order chi connectivity index (χ0) is 13.7. The first-order valence-corrected chi connectivity index (χ1v) is 6.11. The number of aliphatic hydroxyl groups is 1. The van der Waals surface area contributed by atoms with E-state index in [9.17, 15) is 9.90 Å². The highest BCUT2D eigenvalue weighted by Gasteiger charge is 2.14. The highest BCUT2D eigenvalue weighted by atomic mass is 16.5. The van der Waals surface area contributed by atoms with Gasteiger partial charge in [-0.2, -0.15) is 0 Å². The minimum atomic E-state index is -0.793. The molecule has 1 unspecified atom stereocenters. The van der Waals surface area contributed by atoms with Crippen molar-refractivity contribution in [2.45, 2.75) is 12.5 Å². The van der Waals surface area contributed by atoms with Gasteiger partial charge in [-0.1, -0.05) is 42.5 Å². The first-order chi connectivity index (χ1) is 9.20. The Labute approximate surface area is 112 Å². The number of benzene rings is 2. The summed E-state index contributed by atoms with van der Waals surface area (Å²) in [5.41, 5.74) is 1.33. The Balaban J connectivity index is 2.04. The van der Waals surface area contributed by atoms with Crippen molar-refractivity contribution in [3.63, 3.8) is 0 Å². The van der Waals surface area contributed by atoms with Crippen molar-refractivity contribution in [1.29, 1.82) is 0 Å². The van der Waals surface area contributed by atoms with Crippen molar-refractivity contribution in [3.05, 3.63) is 65.7 Å². The van der Waals surface area contributed by atoms with E-state index in [4.69, 9.17) is 4.74 Å². The molecule has 2 aromatic carbocycles. The molecule has 0 amide bonds. The quantitative estimate of drug-likeness (QED) is 0.836. The topological polar surface area (TPSA) is 46.5 Å². The minimum absolute atomic E-state index is 0.0658. The molecule has 0 fully saturated rings. The van der Waals surface area contributed by atoms with Crippen LogP contribution in [0.3, 0.4) is 0 Å². The van der Waals surface area contributed by atoms with Crippen LogP contribution in [-0.2, 0) is 0 Å². The fourth-order valence-corrected chi connectivity index (χ4v) is 1.86. The van der Waals surface area contributed by atoms with Gasteiger partial charge in [-0.05, 0) is 17.7 Å². The summed E-state index contributed by atoms with van der Waals surface area (Å²) in [5.74, 6) is 0.661. The van der Waals surface area contributed by atoms with E-state index in [0.29, 0.717) is 11.1 Å². The third-order valence-corrected chi connectivity index (χ3v) is 2.98. The lowest BCUT2D eigenvalue weighted by atomic mass is 10.0. The Morgan fingerprint density at radius 2 is 1.74 bits per heavy atom. The first kappa shape index (κ1) is 13.3. The van der Waals surface area contributed by atoms with Gasteiger partial charge in [0.15, 0.2) is 5.78 Å². The number of methoxy groups -OCH3 is 1. The second kappa shape index (κ2) is 6.16. The van der Waals surface area contributed by atoms with Gasteiger partial charge < -0.3 is 9.84 Å². The lowest BCUT2D eigenvalue weighted by molar-refractivity contribution is 0.0880. The molecule has 0 heterocycles. The summed E-state index contributed by atoms with van der Waals surface area (Å²) in [6.45, 7) is 0. The average Bonchev–Trinajstić information content (AvgIpc) is 2.48. The largest absolute Gasteiger partial charge is 0.497 e.